The lowest BCUT2D eigenvalue weighted by molar-refractivity contribution is 0.237. The van der Waals surface area contributed by atoms with Crippen molar-refractivity contribution in [2.75, 3.05) is 37.7 Å². The van der Waals surface area contributed by atoms with E-state index in [0.717, 1.165) is 81.4 Å². The molecule has 1 fully saturated rings. The molecule has 1 saturated heterocycles. The van der Waals surface area contributed by atoms with E-state index in [0.29, 0.717) is 17.5 Å². The van der Waals surface area contributed by atoms with E-state index in [-0.39, 0.29) is 0 Å². The summed E-state index contributed by atoms with van der Waals surface area (Å²) in [4.78, 5) is 8.71. The number of hydrogen-bond donors (Lipinski definition) is 0. The van der Waals surface area contributed by atoms with Crippen LogP contribution in [-0.2, 0) is 19.3 Å². The van der Waals surface area contributed by atoms with Crippen LogP contribution in [0.4, 0.5) is 8.78 Å². The van der Waals surface area contributed by atoms with Gasteiger partial charge in [-0.15, -0.1) is 5.10 Å². The molecule has 0 N–H and O–H groups in total. The summed E-state index contributed by atoms with van der Waals surface area (Å²) in [5.74, 6) is -1.06. The Kier molecular flexibility index (Phi) is 5.28. The highest BCUT2D eigenvalue weighted by Crippen LogP contribution is 2.38. The number of benzene rings is 1. The SMILES string of the molecule is N#Cc1c2ncnn(N3CCN(CCc4cc(F)cc(F)c4)CC3)c-2c2c1CCCC2. The van der Waals surface area contributed by atoms with Gasteiger partial charge in [-0.25, -0.2) is 13.8 Å². The van der Waals surface area contributed by atoms with Gasteiger partial charge in [-0.05, 0) is 60.9 Å². The average molecular weight is 422 g/mol. The van der Waals surface area contributed by atoms with E-state index < -0.39 is 11.6 Å². The summed E-state index contributed by atoms with van der Waals surface area (Å²) in [6.07, 6.45) is 6.29. The van der Waals surface area contributed by atoms with Crippen LogP contribution in [0.3, 0.4) is 0 Å². The lowest BCUT2D eigenvalue weighted by atomic mass is 9.94. The fraction of sp³-hybridized carbons (Fsp3) is 0.435. The molecule has 0 radical (unpaired) electrons. The molecular formula is C23H24F2N6. The zero-order chi connectivity index (χ0) is 21.4. The van der Waals surface area contributed by atoms with Crippen molar-refractivity contribution in [3.63, 3.8) is 0 Å². The summed E-state index contributed by atoms with van der Waals surface area (Å²) in [6, 6.07) is 6.08. The number of rotatable bonds is 4. The molecule has 5 rings (SSSR count). The van der Waals surface area contributed by atoms with Gasteiger partial charge in [0.2, 0.25) is 0 Å². The molecule has 2 aliphatic carbocycles. The molecule has 160 valence electrons. The van der Waals surface area contributed by atoms with Crippen molar-refractivity contribution >= 4 is 0 Å². The Labute approximate surface area is 180 Å². The molecule has 2 heterocycles. The maximum Gasteiger partial charge on any atom is 0.138 e. The quantitative estimate of drug-likeness (QED) is 0.647. The van der Waals surface area contributed by atoms with Crippen molar-refractivity contribution in [3.8, 4) is 17.5 Å². The Bertz CT molecular complexity index is 1090. The van der Waals surface area contributed by atoms with Gasteiger partial charge in [-0.3, -0.25) is 9.91 Å². The van der Waals surface area contributed by atoms with E-state index in [1.807, 2.05) is 4.79 Å². The third-order valence-electron chi connectivity index (χ3n) is 6.43. The second-order valence-electron chi connectivity index (χ2n) is 8.32. The van der Waals surface area contributed by atoms with Crippen LogP contribution in [0.5, 0.6) is 0 Å². The Morgan fingerprint density at radius 1 is 0.968 bits per heavy atom. The first-order chi connectivity index (χ1) is 15.1. The standard InChI is InChI=1S/C23H24F2N6/c24-17-11-16(12-18(25)13-17)5-6-29-7-9-30(10-8-29)31-23-20-4-2-1-3-19(20)21(14-26)22(23)27-15-28-31/h11-13,15H,1-10H2. The minimum Gasteiger partial charge on any atom is -0.299 e. The van der Waals surface area contributed by atoms with Crippen molar-refractivity contribution in [2.45, 2.75) is 32.1 Å². The van der Waals surface area contributed by atoms with Crippen LogP contribution in [0, 0.1) is 23.0 Å². The maximum absolute atomic E-state index is 13.4. The molecule has 0 atom stereocenters. The van der Waals surface area contributed by atoms with Crippen molar-refractivity contribution in [3.05, 3.63) is 58.4 Å². The smallest absolute Gasteiger partial charge is 0.138 e. The van der Waals surface area contributed by atoms with Gasteiger partial charge in [-0.2, -0.15) is 10.1 Å². The number of fused-ring (bicyclic) bond motifs is 3. The van der Waals surface area contributed by atoms with Crippen LogP contribution in [0.2, 0.25) is 0 Å². The van der Waals surface area contributed by atoms with Crippen LogP contribution >= 0.6 is 0 Å². The normalized spacial score (nSPS) is 17.0. The molecular weight excluding hydrogens is 398 g/mol. The monoisotopic (exact) mass is 422 g/mol. The van der Waals surface area contributed by atoms with Crippen LogP contribution < -0.4 is 5.01 Å². The first-order valence-electron chi connectivity index (χ1n) is 10.8. The highest BCUT2D eigenvalue weighted by atomic mass is 19.1. The molecule has 6 nitrogen and oxygen atoms in total. The van der Waals surface area contributed by atoms with E-state index in [9.17, 15) is 14.0 Å². The van der Waals surface area contributed by atoms with Gasteiger partial charge in [0.25, 0.3) is 0 Å². The van der Waals surface area contributed by atoms with E-state index in [4.69, 9.17) is 0 Å². The molecule has 0 saturated carbocycles. The number of halogens is 2. The second kappa shape index (κ2) is 8.23. The Balaban J connectivity index is 1.30. The highest BCUT2D eigenvalue weighted by molar-refractivity contribution is 5.76. The fourth-order valence-corrected chi connectivity index (χ4v) is 4.91. The predicted octanol–water partition coefficient (Wildman–Crippen LogP) is 2.91. The van der Waals surface area contributed by atoms with Crippen LogP contribution in [-0.4, -0.2) is 52.5 Å². The minimum absolute atomic E-state index is 0.529. The van der Waals surface area contributed by atoms with Crippen molar-refractivity contribution in [2.24, 2.45) is 0 Å². The van der Waals surface area contributed by atoms with Crippen LogP contribution in [0.15, 0.2) is 24.5 Å². The fourth-order valence-electron chi connectivity index (χ4n) is 4.91. The summed E-state index contributed by atoms with van der Waals surface area (Å²) in [5, 5.41) is 16.5. The second-order valence-corrected chi connectivity index (χ2v) is 8.32. The average Bonchev–Trinajstić information content (AvgIpc) is 3.11. The Morgan fingerprint density at radius 2 is 1.68 bits per heavy atom. The van der Waals surface area contributed by atoms with Crippen molar-refractivity contribution in [1.82, 2.24) is 19.8 Å². The van der Waals surface area contributed by atoms with Gasteiger partial charge in [0, 0.05) is 38.8 Å². The number of nitrogens with zero attached hydrogens (tertiary/aromatic N) is 6. The maximum atomic E-state index is 13.4. The zero-order valence-corrected chi connectivity index (χ0v) is 17.3. The molecule has 4 aliphatic rings. The van der Waals surface area contributed by atoms with Crippen molar-refractivity contribution in [1.29, 1.82) is 5.26 Å². The lowest BCUT2D eigenvalue weighted by Gasteiger charge is -2.37. The largest absolute Gasteiger partial charge is 0.299 e. The molecule has 0 unspecified atom stereocenters. The lowest BCUT2D eigenvalue weighted by Crippen LogP contribution is -2.52. The number of aromatic nitrogens is 3. The Hall–Kier alpha value is -3.05. The topological polar surface area (TPSA) is 61.0 Å². The molecule has 0 spiro atoms. The van der Waals surface area contributed by atoms with Crippen molar-refractivity contribution < 1.29 is 8.78 Å². The van der Waals surface area contributed by atoms with Gasteiger partial charge in [-0.1, -0.05) is 0 Å². The molecule has 1 aromatic carbocycles. The van der Waals surface area contributed by atoms with Crippen LogP contribution in [0.25, 0.3) is 11.4 Å². The van der Waals surface area contributed by atoms with Gasteiger partial charge in [0.15, 0.2) is 0 Å². The molecule has 2 aliphatic heterocycles. The Morgan fingerprint density at radius 3 is 2.39 bits per heavy atom. The summed E-state index contributed by atoms with van der Waals surface area (Å²) in [5.41, 5.74) is 5.52. The molecule has 0 bridgehead atoms. The summed E-state index contributed by atoms with van der Waals surface area (Å²) in [7, 11) is 0. The van der Waals surface area contributed by atoms with E-state index >= 15 is 0 Å². The summed E-state index contributed by atoms with van der Waals surface area (Å²) >= 11 is 0. The number of nitriles is 1. The van der Waals surface area contributed by atoms with Gasteiger partial charge in [0.1, 0.15) is 35.4 Å². The van der Waals surface area contributed by atoms with E-state index in [1.54, 1.807) is 6.33 Å². The van der Waals surface area contributed by atoms with Gasteiger partial charge >= 0.3 is 0 Å². The predicted molar refractivity (Wildman–Crippen MR) is 112 cm³/mol. The molecule has 8 heteroatoms. The minimum atomic E-state index is -0.529. The van der Waals surface area contributed by atoms with Crippen LogP contribution in [0.1, 0.15) is 35.1 Å². The third-order valence-corrected chi connectivity index (χ3v) is 6.43. The number of piperazine rings is 1. The van der Waals surface area contributed by atoms with E-state index in [1.165, 1.54) is 17.7 Å². The third kappa shape index (κ3) is 3.74. The first-order valence-corrected chi connectivity index (χ1v) is 10.8. The zero-order valence-electron chi connectivity index (χ0n) is 17.3. The molecule has 0 amide bonds. The summed E-state index contributed by atoms with van der Waals surface area (Å²) < 4.78 is 26.8. The highest BCUT2D eigenvalue weighted by Gasteiger charge is 2.31. The summed E-state index contributed by atoms with van der Waals surface area (Å²) in [6.45, 7) is 4.01. The van der Waals surface area contributed by atoms with Gasteiger partial charge in [0.05, 0.1) is 5.56 Å². The first kappa shape index (κ1) is 19.9. The molecule has 31 heavy (non-hydrogen) atoms. The molecule has 1 aromatic rings. The molecule has 0 aromatic heterocycles. The van der Waals surface area contributed by atoms with Gasteiger partial charge < -0.3 is 0 Å². The van der Waals surface area contributed by atoms with E-state index in [2.05, 4.69) is 26.1 Å². The number of hydrogen-bond acceptors (Lipinski definition) is 5.